The zero-order valence-corrected chi connectivity index (χ0v) is 18.0. The maximum atomic E-state index is 13.4. The van der Waals surface area contributed by atoms with Crippen LogP contribution in [0.25, 0.3) is 11.4 Å². The third kappa shape index (κ3) is 5.67. The fourth-order valence-corrected chi connectivity index (χ4v) is 4.37. The van der Waals surface area contributed by atoms with Crippen molar-refractivity contribution in [3.63, 3.8) is 0 Å². The number of halogens is 4. The fraction of sp³-hybridized carbons (Fsp3) is 0.364. The minimum absolute atomic E-state index is 0.322. The summed E-state index contributed by atoms with van der Waals surface area (Å²) in [6.07, 6.45) is -4.38. The summed E-state index contributed by atoms with van der Waals surface area (Å²) in [5.41, 5.74) is 0.610. The predicted octanol–water partition coefficient (Wildman–Crippen LogP) is 4.73. The number of ether oxygens (including phenoxy) is 1. The standard InChI is InChI=1S/C22H22F4N4OS/c23-19-6-4-17(5-7-19)20-27-28-21(30(20)9-8-29-10-12-31-13-11-29)32-15-16-2-1-3-18(14-16)22(24,25)26/h1-7,14H,8-13,15H2. The van der Waals surface area contributed by atoms with Gasteiger partial charge in [0, 0.05) is 37.5 Å². The van der Waals surface area contributed by atoms with Gasteiger partial charge < -0.3 is 9.30 Å². The van der Waals surface area contributed by atoms with Crippen LogP contribution in [0.5, 0.6) is 0 Å². The first-order chi connectivity index (χ1) is 15.4. The number of hydrogen-bond acceptors (Lipinski definition) is 5. The van der Waals surface area contributed by atoms with Gasteiger partial charge >= 0.3 is 6.18 Å². The highest BCUT2D eigenvalue weighted by Crippen LogP contribution is 2.32. The molecule has 0 bridgehead atoms. The molecule has 0 saturated carbocycles. The fourth-order valence-electron chi connectivity index (χ4n) is 3.46. The van der Waals surface area contributed by atoms with Gasteiger partial charge in [0.05, 0.1) is 18.8 Å². The lowest BCUT2D eigenvalue weighted by Gasteiger charge is -2.27. The van der Waals surface area contributed by atoms with Gasteiger partial charge in [0.25, 0.3) is 0 Å². The molecular formula is C22H22F4N4OS. The number of morpholine rings is 1. The lowest BCUT2D eigenvalue weighted by atomic mass is 10.1. The van der Waals surface area contributed by atoms with Crippen molar-refractivity contribution in [2.24, 2.45) is 0 Å². The summed E-state index contributed by atoms with van der Waals surface area (Å²) in [7, 11) is 0. The third-order valence-electron chi connectivity index (χ3n) is 5.19. The van der Waals surface area contributed by atoms with E-state index in [1.165, 1.54) is 30.0 Å². The molecular weight excluding hydrogens is 444 g/mol. The highest BCUT2D eigenvalue weighted by Gasteiger charge is 2.30. The Balaban J connectivity index is 1.54. The van der Waals surface area contributed by atoms with Crippen molar-refractivity contribution in [2.75, 3.05) is 32.8 Å². The Morgan fingerprint density at radius 3 is 2.44 bits per heavy atom. The molecule has 0 aliphatic carbocycles. The molecule has 1 aromatic heterocycles. The Kier molecular flexibility index (Phi) is 7.12. The van der Waals surface area contributed by atoms with Gasteiger partial charge in [0.2, 0.25) is 0 Å². The first-order valence-corrected chi connectivity index (χ1v) is 11.2. The van der Waals surface area contributed by atoms with Crippen molar-refractivity contribution in [3.05, 3.63) is 65.5 Å². The van der Waals surface area contributed by atoms with Crippen LogP contribution in [0.4, 0.5) is 17.6 Å². The van der Waals surface area contributed by atoms with Crippen LogP contribution in [0.2, 0.25) is 0 Å². The summed E-state index contributed by atoms with van der Waals surface area (Å²) >= 11 is 1.33. The molecule has 0 spiro atoms. The topological polar surface area (TPSA) is 43.2 Å². The Labute approximate surface area is 187 Å². The molecule has 1 aliphatic rings. The number of aromatic nitrogens is 3. The van der Waals surface area contributed by atoms with E-state index in [4.69, 9.17) is 4.74 Å². The maximum Gasteiger partial charge on any atom is 0.416 e. The molecule has 0 unspecified atom stereocenters. The molecule has 2 heterocycles. The minimum atomic E-state index is -4.38. The highest BCUT2D eigenvalue weighted by atomic mass is 32.2. The van der Waals surface area contributed by atoms with Gasteiger partial charge in [-0.25, -0.2) is 4.39 Å². The second-order valence-corrected chi connectivity index (χ2v) is 8.35. The lowest BCUT2D eigenvalue weighted by molar-refractivity contribution is -0.137. The van der Waals surface area contributed by atoms with E-state index in [9.17, 15) is 17.6 Å². The van der Waals surface area contributed by atoms with Gasteiger partial charge in [-0.1, -0.05) is 30.0 Å². The average Bonchev–Trinajstić information content (AvgIpc) is 3.20. The van der Waals surface area contributed by atoms with Crippen LogP contribution in [0.3, 0.4) is 0 Å². The van der Waals surface area contributed by atoms with Crippen molar-refractivity contribution in [1.82, 2.24) is 19.7 Å². The SMILES string of the molecule is Fc1ccc(-c2nnc(SCc3cccc(C(F)(F)F)c3)n2CCN2CCOCC2)cc1. The van der Waals surface area contributed by atoms with Crippen LogP contribution in [-0.4, -0.2) is 52.5 Å². The summed E-state index contributed by atoms with van der Waals surface area (Å²) < 4.78 is 59.8. The van der Waals surface area contributed by atoms with Gasteiger partial charge in [-0.15, -0.1) is 10.2 Å². The van der Waals surface area contributed by atoms with Crippen molar-refractivity contribution in [3.8, 4) is 11.4 Å². The Morgan fingerprint density at radius 2 is 1.72 bits per heavy atom. The Bertz CT molecular complexity index is 1030. The van der Waals surface area contributed by atoms with Crippen molar-refractivity contribution in [2.45, 2.75) is 23.6 Å². The summed E-state index contributed by atoms with van der Waals surface area (Å²) in [5.74, 6) is 0.584. The van der Waals surface area contributed by atoms with Crippen molar-refractivity contribution >= 4 is 11.8 Å². The smallest absolute Gasteiger partial charge is 0.379 e. The highest BCUT2D eigenvalue weighted by molar-refractivity contribution is 7.98. The number of benzene rings is 2. The molecule has 3 aromatic rings. The summed E-state index contributed by atoms with van der Waals surface area (Å²) in [5, 5.41) is 9.18. The number of alkyl halides is 3. The van der Waals surface area contributed by atoms with E-state index in [2.05, 4.69) is 15.1 Å². The maximum absolute atomic E-state index is 13.4. The van der Waals surface area contributed by atoms with E-state index < -0.39 is 11.7 Å². The monoisotopic (exact) mass is 466 g/mol. The average molecular weight is 467 g/mol. The molecule has 1 fully saturated rings. The number of thioether (sulfide) groups is 1. The number of hydrogen-bond donors (Lipinski definition) is 0. The van der Waals surface area contributed by atoms with Gasteiger partial charge in [-0.3, -0.25) is 4.90 Å². The van der Waals surface area contributed by atoms with Crippen molar-refractivity contribution in [1.29, 1.82) is 0 Å². The molecule has 4 rings (SSSR count). The summed E-state index contributed by atoms with van der Waals surface area (Å²) in [4.78, 5) is 2.28. The van der Waals surface area contributed by atoms with E-state index in [0.717, 1.165) is 37.3 Å². The molecule has 1 aliphatic heterocycles. The zero-order chi connectivity index (χ0) is 22.6. The number of nitrogens with zero attached hydrogens (tertiary/aromatic N) is 4. The Morgan fingerprint density at radius 1 is 0.969 bits per heavy atom. The molecule has 0 N–H and O–H groups in total. The summed E-state index contributed by atoms with van der Waals surface area (Å²) in [6, 6.07) is 11.3. The van der Waals surface area contributed by atoms with Gasteiger partial charge in [-0.05, 0) is 35.9 Å². The first-order valence-electron chi connectivity index (χ1n) is 10.2. The molecule has 10 heteroatoms. The molecule has 170 valence electrons. The molecule has 2 aromatic carbocycles. The van der Waals surface area contributed by atoms with Gasteiger partial charge in [-0.2, -0.15) is 13.2 Å². The summed E-state index contributed by atoms with van der Waals surface area (Å²) in [6.45, 7) is 4.40. The lowest BCUT2D eigenvalue weighted by Crippen LogP contribution is -2.38. The van der Waals surface area contributed by atoms with Crippen LogP contribution >= 0.6 is 11.8 Å². The van der Waals surface area contributed by atoms with Gasteiger partial charge in [0.15, 0.2) is 11.0 Å². The second-order valence-electron chi connectivity index (χ2n) is 7.41. The molecule has 0 radical (unpaired) electrons. The van der Waals surface area contributed by atoms with Crippen LogP contribution in [-0.2, 0) is 23.2 Å². The molecule has 0 amide bonds. The minimum Gasteiger partial charge on any atom is -0.379 e. The zero-order valence-electron chi connectivity index (χ0n) is 17.2. The van der Waals surface area contributed by atoms with E-state index >= 15 is 0 Å². The normalized spacial score (nSPS) is 15.2. The Hall–Kier alpha value is -2.43. The van der Waals surface area contributed by atoms with E-state index in [0.29, 0.717) is 42.1 Å². The van der Waals surface area contributed by atoms with Crippen LogP contribution in [0.15, 0.2) is 53.7 Å². The first kappa shape index (κ1) is 22.8. The third-order valence-corrected chi connectivity index (χ3v) is 6.22. The van der Waals surface area contributed by atoms with Crippen LogP contribution < -0.4 is 0 Å². The van der Waals surface area contributed by atoms with E-state index in [1.54, 1.807) is 18.2 Å². The largest absolute Gasteiger partial charge is 0.416 e. The molecule has 5 nitrogen and oxygen atoms in total. The molecule has 1 saturated heterocycles. The van der Waals surface area contributed by atoms with Crippen LogP contribution in [0.1, 0.15) is 11.1 Å². The van der Waals surface area contributed by atoms with Crippen molar-refractivity contribution < 1.29 is 22.3 Å². The molecule has 32 heavy (non-hydrogen) atoms. The van der Waals surface area contributed by atoms with Gasteiger partial charge in [0.1, 0.15) is 5.82 Å². The van der Waals surface area contributed by atoms with E-state index in [-0.39, 0.29) is 5.82 Å². The van der Waals surface area contributed by atoms with E-state index in [1.807, 2.05) is 4.57 Å². The predicted molar refractivity (Wildman–Crippen MR) is 114 cm³/mol. The second kappa shape index (κ2) is 10.0. The number of rotatable bonds is 7. The molecule has 0 atom stereocenters. The van der Waals surface area contributed by atoms with Crippen LogP contribution in [0, 0.1) is 5.82 Å². The quantitative estimate of drug-likeness (QED) is 0.372.